The second-order valence-corrected chi connectivity index (χ2v) is 5.19. The Bertz CT molecular complexity index is 304. The molecule has 0 amide bonds. The second-order valence-electron chi connectivity index (χ2n) is 2.57. The van der Waals surface area contributed by atoms with Gasteiger partial charge in [-0.2, -0.15) is 28.5 Å². The molecule has 0 aliphatic heterocycles. The third kappa shape index (κ3) is 3.14. The van der Waals surface area contributed by atoms with Crippen LogP contribution in [0.5, 0.6) is 0 Å². The van der Waals surface area contributed by atoms with Crippen LogP contribution in [0.1, 0.15) is 12.8 Å². The summed E-state index contributed by atoms with van der Waals surface area (Å²) in [7, 11) is -5.66. The Balaban J connectivity index is 5.01. The van der Waals surface area contributed by atoms with E-state index in [1.807, 2.05) is 0 Å². The summed E-state index contributed by atoms with van der Waals surface area (Å²) >= 11 is 0.582. The SMILES string of the molecule is O=S(=O)(OI)C(F)(F)C(F)(F)CCCO. The molecule has 0 aromatic rings. The van der Waals surface area contributed by atoms with Crippen LogP contribution in [0.15, 0.2) is 0 Å². The van der Waals surface area contributed by atoms with E-state index in [4.69, 9.17) is 5.11 Å². The summed E-state index contributed by atoms with van der Waals surface area (Å²) < 4.78 is 75.3. The van der Waals surface area contributed by atoms with Gasteiger partial charge < -0.3 is 5.11 Å². The first-order valence-corrected chi connectivity index (χ1v) is 5.82. The Kier molecular flexibility index (Phi) is 5.21. The van der Waals surface area contributed by atoms with Gasteiger partial charge in [0.15, 0.2) is 0 Å². The van der Waals surface area contributed by atoms with Gasteiger partial charge in [-0.3, -0.25) is 0 Å². The lowest BCUT2D eigenvalue weighted by Crippen LogP contribution is -2.47. The Morgan fingerprint density at radius 3 is 2.07 bits per heavy atom. The van der Waals surface area contributed by atoms with Gasteiger partial charge >= 0.3 is 21.3 Å². The van der Waals surface area contributed by atoms with Crippen molar-refractivity contribution in [3.05, 3.63) is 0 Å². The smallest absolute Gasteiger partial charge is 0.396 e. The van der Waals surface area contributed by atoms with Crippen molar-refractivity contribution in [1.82, 2.24) is 0 Å². The molecule has 0 fully saturated rings. The van der Waals surface area contributed by atoms with Crippen molar-refractivity contribution < 1.29 is 33.6 Å². The quantitative estimate of drug-likeness (QED) is 0.574. The van der Waals surface area contributed by atoms with E-state index < -0.39 is 40.7 Å². The van der Waals surface area contributed by atoms with Crippen molar-refractivity contribution in [2.45, 2.75) is 24.0 Å². The van der Waals surface area contributed by atoms with Crippen LogP contribution in [0.25, 0.3) is 0 Å². The first-order valence-electron chi connectivity index (χ1n) is 3.53. The molecule has 4 nitrogen and oxygen atoms in total. The molecular formula is C5H7F4IO4S. The normalized spacial score (nSPS) is 14.3. The second kappa shape index (κ2) is 5.10. The zero-order valence-electron chi connectivity index (χ0n) is 7.09. The standard InChI is InChI=1S/C5H7F4IO4S/c6-4(7,2-1-3-11)5(8,9)15(12,13)14-10/h11H,1-3H2. The molecule has 1 N–H and O–H groups in total. The zero-order valence-corrected chi connectivity index (χ0v) is 10.1. The number of hydrogen-bond acceptors (Lipinski definition) is 4. The van der Waals surface area contributed by atoms with Crippen LogP contribution in [-0.2, 0) is 12.6 Å². The fraction of sp³-hybridized carbons (Fsp3) is 1.00. The minimum Gasteiger partial charge on any atom is -0.396 e. The molecule has 0 aliphatic rings. The number of alkyl halides is 4. The molecule has 0 spiro atoms. The Morgan fingerprint density at radius 2 is 1.73 bits per heavy atom. The highest BCUT2D eigenvalue weighted by Gasteiger charge is 2.66. The Labute approximate surface area is 97.4 Å². The molecule has 0 aromatic carbocycles. The largest absolute Gasteiger partial charge is 0.432 e. The lowest BCUT2D eigenvalue weighted by atomic mass is 10.2. The van der Waals surface area contributed by atoms with Crippen LogP contribution in [0, 0.1) is 0 Å². The van der Waals surface area contributed by atoms with Crippen molar-refractivity contribution in [2.75, 3.05) is 6.61 Å². The topological polar surface area (TPSA) is 63.6 Å². The van der Waals surface area contributed by atoms with Crippen LogP contribution < -0.4 is 0 Å². The van der Waals surface area contributed by atoms with E-state index in [1.54, 1.807) is 0 Å². The van der Waals surface area contributed by atoms with E-state index in [2.05, 4.69) is 2.51 Å². The van der Waals surface area contributed by atoms with Crippen LogP contribution >= 0.6 is 23.0 Å². The minimum absolute atomic E-state index is 0.582. The average molecular weight is 366 g/mol. The maximum atomic E-state index is 12.8. The molecule has 0 aromatic heterocycles. The first-order chi connectivity index (χ1) is 6.62. The molecule has 0 bridgehead atoms. The Morgan fingerprint density at radius 1 is 1.27 bits per heavy atom. The monoisotopic (exact) mass is 366 g/mol. The summed E-state index contributed by atoms with van der Waals surface area (Å²) in [5.74, 6) is -4.78. The van der Waals surface area contributed by atoms with Gasteiger partial charge in [0.2, 0.25) is 0 Å². The lowest BCUT2D eigenvalue weighted by molar-refractivity contribution is -0.164. The van der Waals surface area contributed by atoms with Crippen LogP contribution in [0.4, 0.5) is 17.6 Å². The van der Waals surface area contributed by atoms with Gasteiger partial charge in [-0.25, -0.2) is 0 Å². The molecule has 0 unspecified atom stereocenters. The van der Waals surface area contributed by atoms with E-state index in [9.17, 15) is 26.0 Å². The van der Waals surface area contributed by atoms with Crippen LogP contribution in [-0.4, -0.2) is 31.3 Å². The first kappa shape index (κ1) is 15.3. The van der Waals surface area contributed by atoms with Gasteiger partial charge in [0, 0.05) is 13.0 Å². The van der Waals surface area contributed by atoms with Gasteiger partial charge in [-0.15, -0.1) is 0 Å². The van der Waals surface area contributed by atoms with Crippen molar-refractivity contribution in [3.8, 4) is 0 Å². The van der Waals surface area contributed by atoms with Gasteiger partial charge in [-0.05, 0) is 6.42 Å². The van der Waals surface area contributed by atoms with Crippen molar-refractivity contribution in [1.29, 1.82) is 0 Å². The maximum absolute atomic E-state index is 12.8. The highest BCUT2D eigenvalue weighted by Crippen LogP contribution is 2.42. The number of aliphatic hydroxyl groups excluding tert-OH is 1. The summed E-state index contributed by atoms with van der Waals surface area (Å²) in [5.41, 5.74) is 0. The summed E-state index contributed by atoms with van der Waals surface area (Å²) in [5, 5.41) is 2.89. The lowest BCUT2D eigenvalue weighted by Gasteiger charge is -2.24. The third-order valence-corrected chi connectivity index (χ3v) is 3.98. The average Bonchev–Trinajstić information content (AvgIpc) is 2.14. The molecular weight excluding hydrogens is 359 g/mol. The molecule has 0 saturated heterocycles. The molecule has 0 radical (unpaired) electrons. The van der Waals surface area contributed by atoms with E-state index >= 15 is 0 Å². The molecule has 10 heteroatoms. The van der Waals surface area contributed by atoms with E-state index in [1.165, 1.54) is 0 Å². The van der Waals surface area contributed by atoms with Gasteiger partial charge in [0.25, 0.3) is 0 Å². The predicted molar refractivity (Wildman–Crippen MR) is 50.2 cm³/mol. The predicted octanol–water partition coefficient (Wildman–Crippen LogP) is 1.68. The van der Waals surface area contributed by atoms with Crippen molar-refractivity contribution in [2.24, 2.45) is 0 Å². The fourth-order valence-corrected chi connectivity index (χ4v) is 1.89. The number of halogens is 5. The zero-order chi connectivity index (χ0) is 12.3. The molecule has 92 valence electrons. The molecule has 0 atom stereocenters. The van der Waals surface area contributed by atoms with Crippen molar-refractivity contribution in [3.63, 3.8) is 0 Å². The van der Waals surface area contributed by atoms with Crippen LogP contribution in [0.2, 0.25) is 0 Å². The van der Waals surface area contributed by atoms with Gasteiger partial charge in [0.05, 0.1) is 0 Å². The molecule has 0 heterocycles. The number of rotatable bonds is 6. The Hall–Kier alpha value is 0.320. The van der Waals surface area contributed by atoms with Crippen molar-refractivity contribution >= 4 is 33.1 Å². The molecule has 15 heavy (non-hydrogen) atoms. The molecule has 0 aliphatic carbocycles. The molecule has 0 rings (SSSR count). The van der Waals surface area contributed by atoms with E-state index in [0.717, 1.165) is 0 Å². The van der Waals surface area contributed by atoms with Gasteiger partial charge in [0.1, 0.15) is 23.0 Å². The van der Waals surface area contributed by atoms with Gasteiger partial charge in [-0.1, -0.05) is 0 Å². The summed E-state index contributed by atoms with van der Waals surface area (Å²) in [6, 6.07) is 0. The minimum atomic E-state index is -5.66. The number of hydrogen-bond donors (Lipinski definition) is 1. The third-order valence-electron chi connectivity index (χ3n) is 1.47. The molecule has 0 saturated carbocycles. The number of aliphatic hydroxyl groups is 1. The fourth-order valence-electron chi connectivity index (χ4n) is 0.669. The summed E-state index contributed by atoms with van der Waals surface area (Å²) in [6.45, 7) is -0.739. The van der Waals surface area contributed by atoms with Crippen LogP contribution in [0.3, 0.4) is 0 Å². The maximum Gasteiger partial charge on any atom is 0.432 e. The van der Waals surface area contributed by atoms with E-state index in [0.29, 0.717) is 23.0 Å². The summed E-state index contributed by atoms with van der Waals surface area (Å²) in [4.78, 5) is 0. The van der Waals surface area contributed by atoms with E-state index in [-0.39, 0.29) is 0 Å². The summed E-state index contributed by atoms with van der Waals surface area (Å²) in [6.07, 6.45) is -2.09. The highest BCUT2D eigenvalue weighted by atomic mass is 127. The highest BCUT2D eigenvalue weighted by molar-refractivity contribution is 14.1.